The molecule has 0 aliphatic carbocycles. The Morgan fingerprint density at radius 2 is 0.981 bits per heavy atom. The standard InChI is InChI=1S/C43H40N8S2.CH4/c1-2-46-32-18-6-7-19-33(32)48-28-29-49-35-21-9-8-20-34(35)47(41(49)40(46)48)26-14-15-27-50-36-22-10-12-24-38(36)52-42(50)44-45-43-51(30-31-16-4-3-5-17-31)37-23-11-13-25-39(37)53-43;/h3-13,16-25H,2,14-15,26-30H2,1H3;1H4/q+2;/b44-42-,45-43+;. The van der Waals surface area contributed by atoms with Crippen molar-refractivity contribution in [3.63, 3.8) is 0 Å². The molecule has 0 saturated heterocycles. The molecule has 10 rings (SSSR count). The summed E-state index contributed by atoms with van der Waals surface area (Å²) in [6.07, 6.45) is 2.06. The van der Waals surface area contributed by atoms with Crippen LogP contribution in [-0.2, 0) is 39.3 Å². The molecular weight excluding hydrogens is 705 g/mol. The van der Waals surface area contributed by atoms with Crippen molar-refractivity contribution in [2.45, 2.75) is 66.5 Å². The molecule has 0 spiro atoms. The summed E-state index contributed by atoms with van der Waals surface area (Å²) >= 11 is 3.41. The van der Waals surface area contributed by atoms with Crippen molar-refractivity contribution in [2.75, 3.05) is 0 Å². The summed E-state index contributed by atoms with van der Waals surface area (Å²) in [6, 6.07) is 45.6. The highest BCUT2D eigenvalue weighted by Gasteiger charge is 2.41. The molecule has 5 heterocycles. The number of nitrogens with zero attached hydrogens (tertiary/aromatic N) is 8. The van der Waals surface area contributed by atoms with Gasteiger partial charge in [-0.2, -0.15) is 0 Å². The van der Waals surface area contributed by atoms with Gasteiger partial charge in [0.1, 0.15) is 13.1 Å². The average molecular weight is 749 g/mol. The van der Waals surface area contributed by atoms with E-state index in [1.807, 2.05) is 0 Å². The number of fused-ring (bicyclic) bond motifs is 9. The van der Waals surface area contributed by atoms with E-state index in [0.29, 0.717) is 0 Å². The number of thiazole rings is 2. The number of rotatable bonds is 9. The number of aryl methyl sites for hydroxylation is 5. The van der Waals surface area contributed by atoms with Gasteiger partial charge in [0.15, 0.2) is 22.1 Å². The third-order valence-electron chi connectivity index (χ3n) is 10.6. The van der Waals surface area contributed by atoms with Gasteiger partial charge in [0.25, 0.3) is 0 Å². The van der Waals surface area contributed by atoms with Gasteiger partial charge in [-0.05, 0) is 73.9 Å². The number of imidazole rings is 2. The molecule has 0 bridgehead atoms. The lowest BCUT2D eigenvalue weighted by molar-refractivity contribution is -0.772. The average Bonchev–Trinajstić information content (AvgIpc) is 3.94. The molecule has 5 aromatic carbocycles. The minimum atomic E-state index is 0. The fourth-order valence-electron chi connectivity index (χ4n) is 8.23. The van der Waals surface area contributed by atoms with Crippen molar-refractivity contribution in [1.29, 1.82) is 0 Å². The van der Waals surface area contributed by atoms with Gasteiger partial charge in [-0.15, -0.1) is 10.2 Å². The lowest BCUT2D eigenvalue weighted by atomic mass is 10.2. The SMILES string of the molecule is C.CCn1c2[n+](c3ccccc31)CC[n+]1c-2n(CCCCn2/c(=N/N=c3/sc4ccccc4n3Cc3ccccc3)sc3ccccc32)c2ccccc21. The number of hydrogen-bond donors (Lipinski definition) is 0. The van der Waals surface area contributed by atoms with Crippen LogP contribution in [0.15, 0.2) is 138 Å². The number of aromatic nitrogens is 6. The molecule has 0 saturated carbocycles. The number of benzene rings is 5. The highest BCUT2D eigenvalue weighted by Crippen LogP contribution is 2.28. The molecule has 9 aromatic rings. The summed E-state index contributed by atoms with van der Waals surface area (Å²) in [5, 5.41) is 9.94. The first-order chi connectivity index (χ1) is 26.3. The summed E-state index contributed by atoms with van der Waals surface area (Å²) in [6.45, 7) is 7.70. The molecule has 0 N–H and O–H groups in total. The molecule has 10 heteroatoms. The molecule has 0 unspecified atom stereocenters. The van der Waals surface area contributed by atoms with Crippen LogP contribution >= 0.6 is 22.7 Å². The molecule has 1 aliphatic rings. The Bertz CT molecular complexity index is 2900. The largest absolute Gasteiger partial charge is 0.374 e. The summed E-state index contributed by atoms with van der Waals surface area (Å²) in [5.74, 6) is 2.62. The molecule has 270 valence electrons. The van der Waals surface area contributed by atoms with E-state index >= 15 is 0 Å². The predicted octanol–water partition coefficient (Wildman–Crippen LogP) is 8.49. The summed E-state index contributed by atoms with van der Waals surface area (Å²) in [5.41, 5.74) is 8.88. The van der Waals surface area contributed by atoms with Gasteiger partial charge in [-0.3, -0.25) is 0 Å². The van der Waals surface area contributed by atoms with Crippen LogP contribution in [0.1, 0.15) is 32.8 Å². The van der Waals surface area contributed by atoms with Crippen LogP contribution < -0.4 is 18.7 Å². The van der Waals surface area contributed by atoms with E-state index in [4.69, 9.17) is 10.2 Å². The molecule has 0 amide bonds. The van der Waals surface area contributed by atoms with Gasteiger partial charge in [0, 0.05) is 6.54 Å². The number of hydrogen-bond acceptors (Lipinski definition) is 4. The Morgan fingerprint density at radius 3 is 1.59 bits per heavy atom. The Morgan fingerprint density at radius 1 is 0.519 bits per heavy atom. The van der Waals surface area contributed by atoms with Crippen LogP contribution in [0.25, 0.3) is 54.1 Å². The van der Waals surface area contributed by atoms with Gasteiger partial charge >= 0.3 is 11.6 Å². The minimum Gasteiger partial charge on any atom is -0.315 e. The number of para-hydroxylation sites is 6. The maximum Gasteiger partial charge on any atom is 0.374 e. The Hall–Kier alpha value is -5.58. The minimum absolute atomic E-state index is 0. The van der Waals surface area contributed by atoms with Crippen molar-refractivity contribution >= 4 is 65.2 Å². The van der Waals surface area contributed by atoms with Crippen LogP contribution in [0.4, 0.5) is 0 Å². The number of unbranched alkanes of at least 4 members (excludes halogenated alkanes) is 1. The quantitative estimate of drug-likeness (QED) is 0.0809. The fraction of sp³-hybridized carbons (Fsp3) is 0.227. The van der Waals surface area contributed by atoms with E-state index in [-0.39, 0.29) is 7.43 Å². The first kappa shape index (κ1) is 34.2. The maximum absolute atomic E-state index is 4.99. The van der Waals surface area contributed by atoms with Crippen LogP contribution in [0.3, 0.4) is 0 Å². The summed E-state index contributed by atoms with van der Waals surface area (Å²) < 4.78 is 17.3. The van der Waals surface area contributed by atoms with Crippen molar-refractivity contribution in [1.82, 2.24) is 18.3 Å². The van der Waals surface area contributed by atoms with Gasteiger partial charge in [0.2, 0.25) is 9.60 Å². The highest BCUT2D eigenvalue weighted by molar-refractivity contribution is 7.16. The predicted molar refractivity (Wildman–Crippen MR) is 221 cm³/mol. The van der Waals surface area contributed by atoms with E-state index in [1.165, 1.54) is 59.7 Å². The topological polar surface area (TPSA) is 52.2 Å². The Balaban J connectivity index is 0.00000384. The van der Waals surface area contributed by atoms with Crippen molar-refractivity contribution in [3.05, 3.63) is 143 Å². The zero-order chi connectivity index (χ0) is 35.3. The molecule has 1 aliphatic heterocycles. The molecule has 4 aromatic heterocycles. The smallest absolute Gasteiger partial charge is 0.315 e. The molecule has 0 radical (unpaired) electrons. The zero-order valence-electron chi connectivity index (χ0n) is 29.7. The molecular formula is C44H44N8S2+2. The summed E-state index contributed by atoms with van der Waals surface area (Å²) in [4.78, 5) is 1.84. The fourth-order valence-corrected chi connectivity index (χ4v) is 10.2. The van der Waals surface area contributed by atoms with E-state index in [9.17, 15) is 0 Å². The van der Waals surface area contributed by atoms with Gasteiger partial charge in [-0.25, -0.2) is 18.3 Å². The van der Waals surface area contributed by atoms with Gasteiger partial charge < -0.3 is 9.13 Å². The first-order valence-corrected chi connectivity index (χ1v) is 20.2. The van der Waals surface area contributed by atoms with E-state index < -0.39 is 0 Å². The van der Waals surface area contributed by atoms with E-state index in [0.717, 1.165) is 61.7 Å². The van der Waals surface area contributed by atoms with Crippen LogP contribution in [-0.4, -0.2) is 18.3 Å². The van der Waals surface area contributed by atoms with Crippen LogP contribution in [0.2, 0.25) is 0 Å². The first-order valence-electron chi connectivity index (χ1n) is 18.6. The lowest BCUT2D eigenvalue weighted by Gasteiger charge is -2.10. The van der Waals surface area contributed by atoms with Crippen molar-refractivity contribution < 1.29 is 9.13 Å². The second-order valence-electron chi connectivity index (χ2n) is 13.7. The van der Waals surface area contributed by atoms with E-state index in [2.05, 4.69) is 162 Å². The normalized spacial score (nSPS) is 13.3. The molecule has 54 heavy (non-hydrogen) atoms. The van der Waals surface area contributed by atoms with Gasteiger partial charge in [-0.1, -0.05) is 109 Å². The van der Waals surface area contributed by atoms with Crippen molar-refractivity contribution in [3.8, 4) is 11.6 Å². The van der Waals surface area contributed by atoms with E-state index in [1.54, 1.807) is 22.7 Å². The molecule has 0 fully saturated rings. The highest BCUT2D eigenvalue weighted by atomic mass is 32.1. The van der Waals surface area contributed by atoms with Gasteiger partial charge in [0.05, 0.1) is 40.1 Å². The Labute approximate surface area is 322 Å². The summed E-state index contributed by atoms with van der Waals surface area (Å²) in [7, 11) is 0. The van der Waals surface area contributed by atoms with Crippen LogP contribution in [0, 0.1) is 0 Å². The monoisotopic (exact) mass is 748 g/mol. The third kappa shape index (κ3) is 5.72. The second kappa shape index (κ2) is 14.3. The molecule has 0 atom stereocenters. The van der Waals surface area contributed by atoms with Crippen LogP contribution in [0.5, 0.6) is 0 Å². The maximum atomic E-state index is 4.99. The second-order valence-corrected chi connectivity index (χ2v) is 15.7. The molecule has 8 nitrogen and oxygen atoms in total. The lowest BCUT2D eigenvalue weighted by Crippen LogP contribution is -2.53. The Kier molecular flexibility index (Phi) is 9.08. The van der Waals surface area contributed by atoms with Crippen molar-refractivity contribution in [2.24, 2.45) is 10.2 Å². The zero-order valence-corrected chi connectivity index (χ0v) is 31.3. The third-order valence-corrected chi connectivity index (χ3v) is 12.7.